The molecule has 0 spiro atoms. The van der Waals surface area contributed by atoms with Gasteiger partial charge in [-0.05, 0) is 48.4 Å². The van der Waals surface area contributed by atoms with Crippen LogP contribution in [0.25, 0.3) is 16.5 Å². The molecule has 0 aliphatic heterocycles. The van der Waals surface area contributed by atoms with E-state index < -0.39 is 0 Å². The molecule has 3 aromatic heterocycles. The van der Waals surface area contributed by atoms with Crippen molar-refractivity contribution in [3.8, 4) is 16.5 Å². The predicted octanol–water partition coefficient (Wildman–Crippen LogP) is 4.76. The van der Waals surface area contributed by atoms with Gasteiger partial charge in [-0.25, -0.2) is 4.68 Å². The summed E-state index contributed by atoms with van der Waals surface area (Å²) < 4.78 is 7.88. The van der Waals surface area contributed by atoms with Crippen LogP contribution < -0.4 is 0 Å². The number of para-hydroxylation sites is 1. The van der Waals surface area contributed by atoms with Gasteiger partial charge in [0.05, 0.1) is 16.3 Å². The second kappa shape index (κ2) is 6.74. The third-order valence-corrected chi connectivity index (χ3v) is 6.17. The van der Waals surface area contributed by atoms with Crippen LogP contribution in [0, 0.1) is 0 Å². The second-order valence-corrected chi connectivity index (χ2v) is 7.99. The highest BCUT2D eigenvalue weighted by Gasteiger charge is 2.23. The number of rotatable bonds is 5. The van der Waals surface area contributed by atoms with Crippen LogP contribution in [0.5, 0.6) is 0 Å². The van der Waals surface area contributed by atoms with E-state index in [4.69, 9.17) is 9.52 Å². The SMILES string of the molecule is c1ccc(-n2nc(CSc3nnc(-c4cccs4)o3)c3c2CCC3)cc1. The maximum Gasteiger partial charge on any atom is 0.277 e. The Balaban J connectivity index is 1.38. The number of hydrogen-bond donors (Lipinski definition) is 0. The Morgan fingerprint density at radius 2 is 2.00 bits per heavy atom. The summed E-state index contributed by atoms with van der Waals surface area (Å²) in [5, 5.41) is 15.8. The van der Waals surface area contributed by atoms with E-state index >= 15 is 0 Å². The Bertz CT molecular complexity index is 1020. The highest BCUT2D eigenvalue weighted by atomic mass is 32.2. The molecule has 5 rings (SSSR count). The number of fused-ring (bicyclic) bond motifs is 1. The van der Waals surface area contributed by atoms with Gasteiger partial charge in [-0.15, -0.1) is 21.5 Å². The van der Waals surface area contributed by atoms with E-state index in [1.807, 2.05) is 23.6 Å². The molecule has 0 amide bonds. The van der Waals surface area contributed by atoms with Crippen LogP contribution in [0.15, 0.2) is 57.5 Å². The lowest BCUT2D eigenvalue weighted by atomic mass is 10.2. The van der Waals surface area contributed by atoms with Gasteiger partial charge in [-0.3, -0.25) is 0 Å². The number of thioether (sulfide) groups is 1. The first-order valence-corrected chi connectivity index (χ1v) is 10.4. The fourth-order valence-corrected chi connectivity index (χ4v) is 4.68. The van der Waals surface area contributed by atoms with Crippen molar-refractivity contribution in [3.63, 3.8) is 0 Å². The molecule has 0 unspecified atom stereocenters. The van der Waals surface area contributed by atoms with E-state index in [9.17, 15) is 0 Å². The van der Waals surface area contributed by atoms with Gasteiger partial charge in [0, 0.05) is 11.4 Å². The third kappa shape index (κ3) is 2.87. The summed E-state index contributed by atoms with van der Waals surface area (Å²) in [7, 11) is 0. The number of hydrogen-bond acceptors (Lipinski definition) is 6. The smallest absolute Gasteiger partial charge is 0.277 e. The first-order valence-electron chi connectivity index (χ1n) is 8.54. The maximum atomic E-state index is 5.78. The molecule has 26 heavy (non-hydrogen) atoms. The summed E-state index contributed by atoms with van der Waals surface area (Å²) in [6, 6.07) is 14.3. The van der Waals surface area contributed by atoms with Gasteiger partial charge in [-0.1, -0.05) is 36.0 Å². The van der Waals surface area contributed by atoms with E-state index in [0.717, 1.165) is 34.9 Å². The molecule has 0 N–H and O–H groups in total. The first kappa shape index (κ1) is 15.8. The van der Waals surface area contributed by atoms with Crippen molar-refractivity contribution in [3.05, 3.63) is 64.8 Å². The molecule has 1 aromatic carbocycles. The van der Waals surface area contributed by atoms with Crippen molar-refractivity contribution in [1.29, 1.82) is 0 Å². The van der Waals surface area contributed by atoms with E-state index in [1.54, 1.807) is 23.1 Å². The zero-order valence-corrected chi connectivity index (χ0v) is 15.6. The van der Waals surface area contributed by atoms with E-state index in [2.05, 4.69) is 39.1 Å². The van der Waals surface area contributed by atoms with Crippen molar-refractivity contribution in [2.45, 2.75) is 30.2 Å². The van der Waals surface area contributed by atoms with Crippen LogP contribution in [-0.2, 0) is 18.6 Å². The van der Waals surface area contributed by atoms with Crippen LogP contribution in [0.3, 0.4) is 0 Å². The van der Waals surface area contributed by atoms with Crippen molar-refractivity contribution in [2.24, 2.45) is 0 Å². The molecule has 0 saturated heterocycles. The molecular formula is C19H16N4OS2. The minimum absolute atomic E-state index is 0.586. The third-order valence-electron chi connectivity index (χ3n) is 4.48. The van der Waals surface area contributed by atoms with Gasteiger partial charge in [0.25, 0.3) is 11.1 Å². The lowest BCUT2D eigenvalue weighted by Crippen LogP contribution is -2.01. The highest BCUT2D eigenvalue weighted by molar-refractivity contribution is 7.98. The zero-order valence-electron chi connectivity index (χ0n) is 14.0. The number of aromatic nitrogens is 4. The van der Waals surface area contributed by atoms with Crippen LogP contribution in [0.4, 0.5) is 0 Å². The Morgan fingerprint density at radius 1 is 1.08 bits per heavy atom. The van der Waals surface area contributed by atoms with Gasteiger partial charge in [0.15, 0.2) is 0 Å². The van der Waals surface area contributed by atoms with Gasteiger partial charge in [-0.2, -0.15) is 5.10 Å². The van der Waals surface area contributed by atoms with Crippen LogP contribution in [0.1, 0.15) is 23.4 Å². The molecule has 1 aliphatic rings. The molecule has 7 heteroatoms. The maximum absolute atomic E-state index is 5.78. The molecule has 0 atom stereocenters. The summed E-state index contributed by atoms with van der Waals surface area (Å²) in [6.45, 7) is 0. The van der Waals surface area contributed by atoms with Gasteiger partial charge < -0.3 is 4.42 Å². The molecular weight excluding hydrogens is 364 g/mol. The predicted molar refractivity (Wildman–Crippen MR) is 103 cm³/mol. The van der Waals surface area contributed by atoms with Gasteiger partial charge >= 0.3 is 0 Å². The lowest BCUT2D eigenvalue weighted by Gasteiger charge is -2.04. The summed E-state index contributed by atoms with van der Waals surface area (Å²) in [6.07, 6.45) is 3.38. The lowest BCUT2D eigenvalue weighted by molar-refractivity contribution is 0.466. The molecule has 1 aliphatic carbocycles. The Hall–Kier alpha value is -2.38. The Labute approximate surface area is 159 Å². The van der Waals surface area contributed by atoms with Crippen LogP contribution in [-0.4, -0.2) is 20.0 Å². The second-order valence-electron chi connectivity index (χ2n) is 6.11. The molecule has 0 fully saturated rings. The molecule has 130 valence electrons. The summed E-state index contributed by atoms with van der Waals surface area (Å²) in [5.74, 6) is 1.33. The molecule has 0 radical (unpaired) electrons. The molecule has 3 heterocycles. The number of thiophene rings is 1. The molecule has 0 saturated carbocycles. The standard InChI is InChI=1S/C19H16N4OS2/c1-2-6-13(7-3-1)23-16-9-4-8-14(16)15(22-23)12-26-19-21-20-18(24-19)17-10-5-11-25-17/h1-3,5-7,10-11H,4,8-9,12H2. The first-order chi connectivity index (χ1) is 12.9. The zero-order chi connectivity index (χ0) is 17.3. The van der Waals surface area contributed by atoms with E-state index in [1.165, 1.54) is 17.7 Å². The summed E-state index contributed by atoms with van der Waals surface area (Å²) >= 11 is 3.15. The summed E-state index contributed by atoms with van der Waals surface area (Å²) in [4.78, 5) is 0.999. The average molecular weight is 380 g/mol. The molecule has 5 nitrogen and oxygen atoms in total. The van der Waals surface area contributed by atoms with Crippen LogP contribution in [0.2, 0.25) is 0 Å². The molecule has 0 bridgehead atoms. The van der Waals surface area contributed by atoms with Crippen molar-refractivity contribution < 1.29 is 4.42 Å². The quantitative estimate of drug-likeness (QED) is 0.467. The number of nitrogens with zero attached hydrogens (tertiary/aromatic N) is 4. The Morgan fingerprint density at radius 3 is 2.85 bits per heavy atom. The van der Waals surface area contributed by atoms with Crippen molar-refractivity contribution >= 4 is 23.1 Å². The normalized spacial score (nSPS) is 13.2. The minimum atomic E-state index is 0.586. The minimum Gasteiger partial charge on any atom is -0.410 e. The fourth-order valence-electron chi connectivity index (χ4n) is 3.31. The monoisotopic (exact) mass is 380 g/mol. The van der Waals surface area contributed by atoms with Gasteiger partial charge in [0.1, 0.15) is 0 Å². The van der Waals surface area contributed by atoms with E-state index in [-0.39, 0.29) is 0 Å². The van der Waals surface area contributed by atoms with Crippen LogP contribution >= 0.6 is 23.1 Å². The number of benzene rings is 1. The summed E-state index contributed by atoms with van der Waals surface area (Å²) in [5.41, 5.74) is 4.98. The topological polar surface area (TPSA) is 56.7 Å². The fraction of sp³-hybridized carbons (Fsp3) is 0.211. The Kier molecular flexibility index (Phi) is 4.10. The average Bonchev–Trinajstić information content (AvgIpc) is 3.45. The van der Waals surface area contributed by atoms with Gasteiger partial charge in [0.2, 0.25) is 0 Å². The van der Waals surface area contributed by atoms with Crippen molar-refractivity contribution in [1.82, 2.24) is 20.0 Å². The van der Waals surface area contributed by atoms with Crippen molar-refractivity contribution in [2.75, 3.05) is 0 Å². The highest BCUT2D eigenvalue weighted by Crippen LogP contribution is 2.32. The van der Waals surface area contributed by atoms with E-state index in [0.29, 0.717) is 11.1 Å². The largest absolute Gasteiger partial charge is 0.410 e. The molecule has 4 aromatic rings.